The Morgan fingerprint density at radius 3 is 2.73 bits per heavy atom. The molecule has 0 unspecified atom stereocenters. The van der Waals surface area contributed by atoms with Crippen LogP contribution in [-0.4, -0.2) is 31.3 Å². The van der Waals surface area contributed by atoms with E-state index in [0.29, 0.717) is 17.7 Å². The summed E-state index contributed by atoms with van der Waals surface area (Å²) >= 11 is 1.49. The SMILES string of the molecule is Cc1ccc(C(=O)CSc2nnc(-c3cccnc3)n2[C@H]2CCCC[C@H]2C)c(C)c1. The Morgan fingerprint density at radius 2 is 2.00 bits per heavy atom. The van der Waals surface area contributed by atoms with Crippen LogP contribution in [0.1, 0.15) is 60.1 Å². The Bertz CT molecular complexity index is 1030. The van der Waals surface area contributed by atoms with E-state index in [4.69, 9.17) is 0 Å². The molecule has 6 heteroatoms. The first-order valence-corrected chi connectivity index (χ1v) is 11.6. The number of nitrogens with zero attached hydrogens (tertiary/aromatic N) is 4. The fraction of sp³-hybridized carbons (Fsp3) is 0.417. The van der Waals surface area contributed by atoms with E-state index in [2.05, 4.69) is 32.7 Å². The standard InChI is InChI=1S/C24H28N4OS/c1-16-10-11-20(18(3)13-16)22(29)15-30-24-27-26-23(19-8-6-12-25-14-19)28(24)21-9-5-4-7-17(21)2/h6,8,10-14,17,21H,4-5,7,9,15H2,1-3H3/t17-,21+/m1/s1. The first-order chi connectivity index (χ1) is 14.5. The van der Waals surface area contributed by atoms with E-state index in [1.165, 1.54) is 36.6 Å². The van der Waals surface area contributed by atoms with Crippen molar-refractivity contribution >= 4 is 17.5 Å². The first kappa shape index (κ1) is 20.8. The fourth-order valence-corrected chi connectivity index (χ4v) is 5.26. The highest BCUT2D eigenvalue weighted by Gasteiger charge is 2.29. The summed E-state index contributed by atoms with van der Waals surface area (Å²) in [4.78, 5) is 17.2. The van der Waals surface area contributed by atoms with Crippen LogP contribution in [0.4, 0.5) is 0 Å². The molecule has 1 saturated carbocycles. The van der Waals surface area contributed by atoms with Gasteiger partial charge in [0.25, 0.3) is 0 Å². The Morgan fingerprint density at radius 1 is 1.17 bits per heavy atom. The summed E-state index contributed by atoms with van der Waals surface area (Å²) in [6.45, 7) is 6.35. The number of carbonyl (C=O) groups excluding carboxylic acids is 1. The number of hydrogen-bond donors (Lipinski definition) is 0. The highest BCUT2D eigenvalue weighted by molar-refractivity contribution is 7.99. The van der Waals surface area contributed by atoms with Gasteiger partial charge in [-0.25, -0.2) is 0 Å². The molecule has 0 radical (unpaired) electrons. The maximum atomic E-state index is 12.9. The predicted octanol–water partition coefficient (Wildman–Crippen LogP) is 5.68. The van der Waals surface area contributed by atoms with E-state index in [-0.39, 0.29) is 5.78 Å². The number of aromatic nitrogens is 4. The molecule has 0 saturated heterocycles. The quantitative estimate of drug-likeness (QED) is 0.379. The topological polar surface area (TPSA) is 60.7 Å². The second kappa shape index (κ2) is 9.13. The second-order valence-corrected chi connectivity index (χ2v) is 9.22. The highest BCUT2D eigenvalue weighted by Crippen LogP contribution is 2.39. The molecular formula is C24H28N4OS. The summed E-state index contributed by atoms with van der Waals surface area (Å²) in [5, 5.41) is 9.84. The maximum Gasteiger partial charge on any atom is 0.192 e. The Labute approximate surface area is 182 Å². The fourth-order valence-electron chi connectivity index (χ4n) is 4.38. The average Bonchev–Trinajstić information content (AvgIpc) is 3.16. The molecular weight excluding hydrogens is 392 g/mol. The largest absolute Gasteiger partial charge is 0.299 e. The monoisotopic (exact) mass is 420 g/mol. The van der Waals surface area contributed by atoms with Gasteiger partial charge in [0.2, 0.25) is 0 Å². The van der Waals surface area contributed by atoms with Gasteiger partial charge >= 0.3 is 0 Å². The van der Waals surface area contributed by atoms with E-state index >= 15 is 0 Å². The zero-order valence-electron chi connectivity index (χ0n) is 17.8. The Hall–Kier alpha value is -2.47. The van der Waals surface area contributed by atoms with Crippen LogP contribution in [-0.2, 0) is 0 Å². The first-order valence-electron chi connectivity index (χ1n) is 10.6. The maximum absolute atomic E-state index is 12.9. The van der Waals surface area contributed by atoms with Crippen LogP contribution in [0.3, 0.4) is 0 Å². The van der Waals surface area contributed by atoms with Gasteiger partial charge in [0.15, 0.2) is 16.8 Å². The lowest BCUT2D eigenvalue weighted by Crippen LogP contribution is -2.22. The molecule has 5 nitrogen and oxygen atoms in total. The van der Waals surface area contributed by atoms with Gasteiger partial charge < -0.3 is 0 Å². The third-order valence-corrected chi connectivity index (χ3v) is 6.94. The normalized spacial score (nSPS) is 19.0. The van der Waals surface area contributed by atoms with E-state index in [0.717, 1.165) is 34.1 Å². The number of aryl methyl sites for hydroxylation is 2. The molecule has 0 amide bonds. The zero-order valence-corrected chi connectivity index (χ0v) is 18.7. The number of benzene rings is 1. The third-order valence-electron chi connectivity index (χ3n) is 6.00. The number of pyridine rings is 1. The van der Waals surface area contributed by atoms with Crippen molar-refractivity contribution < 1.29 is 4.79 Å². The van der Waals surface area contributed by atoms with Crippen molar-refractivity contribution in [2.24, 2.45) is 5.92 Å². The van der Waals surface area contributed by atoms with Gasteiger partial charge in [0.1, 0.15) is 0 Å². The van der Waals surface area contributed by atoms with Gasteiger partial charge in [0.05, 0.1) is 5.75 Å². The van der Waals surface area contributed by atoms with Crippen LogP contribution in [0.5, 0.6) is 0 Å². The Kier molecular flexibility index (Phi) is 6.32. The molecule has 1 fully saturated rings. The van der Waals surface area contributed by atoms with Crippen LogP contribution in [0.2, 0.25) is 0 Å². The smallest absolute Gasteiger partial charge is 0.192 e. The third kappa shape index (κ3) is 4.33. The minimum absolute atomic E-state index is 0.131. The van der Waals surface area contributed by atoms with E-state index in [1.807, 2.05) is 44.3 Å². The van der Waals surface area contributed by atoms with Crippen LogP contribution in [0.15, 0.2) is 47.9 Å². The Balaban J connectivity index is 1.62. The molecule has 156 valence electrons. The van der Waals surface area contributed by atoms with Crippen LogP contribution in [0, 0.1) is 19.8 Å². The summed E-state index contributed by atoms with van der Waals surface area (Å²) in [5.41, 5.74) is 3.95. The summed E-state index contributed by atoms with van der Waals surface area (Å²) in [6.07, 6.45) is 8.42. The van der Waals surface area contributed by atoms with Crippen molar-refractivity contribution in [3.63, 3.8) is 0 Å². The van der Waals surface area contributed by atoms with Crippen LogP contribution < -0.4 is 0 Å². The number of hydrogen-bond acceptors (Lipinski definition) is 5. The van der Waals surface area contributed by atoms with Gasteiger partial charge in [-0.3, -0.25) is 14.3 Å². The van der Waals surface area contributed by atoms with Gasteiger partial charge in [-0.15, -0.1) is 10.2 Å². The molecule has 2 aromatic heterocycles. The summed E-state index contributed by atoms with van der Waals surface area (Å²) in [5.74, 6) is 1.89. The summed E-state index contributed by atoms with van der Waals surface area (Å²) in [6, 6.07) is 10.3. The van der Waals surface area contributed by atoms with E-state index in [1.54, 1.807) is 6.20 Å². The number of carbonyl (C=O) groups is 1. The number of Topliss-reactive ketones (excluding diaryl/α,β-unsaturated/α-hetero) is 1. The van der Waals surface area contributed by atoms with Crippen molar-refractivity contribution in [2.75, 3.05) is 5.75 Å². The lowest BCUT2D eigenvalue weighted by Gasteiger charge is -2.31. The molecule has 0 N–H and O–H groups in total. The molecule has 1 aromatic carbocycles. The predicted molar refractivity (Wildman–Crippen MR) is 121 cm³/mol. The molecule has 4 rings (SSSR count). The molecule has 2 heterocycles. The van der Waals surface area contributed by atoms with Crippen molar-refractivity contribution in [3.8, 4) is 11.4 Å². The van der Waals surface area contributed by atoms with E-state index < -0.39 is 0 Å². The zero-order chi connectivity index (χ0) is 21.1. The molecule has 1 aliphatic carbocycles. The number of thioether (sulfide) groups is 1. The molecule has 0 spiro atoms. The van der Waals surface area contributed by atoms with Crippen LogP contribution >= 0.6 is 11.8 Å². The number of rotatable bonds is 6. The van der Waals surface area contributed by atoms with Gasteiger partial charge in [-0.1, -0.05) is 55.3 Å². The van der Waals surface area contributed by atoms with Gasteiger partial charge in [-0.2, -0.15) is 0 Å². The summed E-state index contributed by atoms with van der Waals surface area (Å²) in [7, 11) is 0. The van der Waals surface area contributed by atoms with Crippen molar-refractivity contribution in [2.45, 2.75) is 57.7 Å². The summed E-state index contributed by atoms with van der Waals surface area (Å²) < 4.78 is 2.26. The molecule has 0 bridgehead atoms. The molecule has 3 aromatic rings. The second-order valence-electron chi connectivity index (χ2n) is 8.28. The van der Waals surface area contributed by atoms with Gasteiger partial charge in [0, 0.05) is 29.6 Å². The molecule has 0 aliphatic heterocycles. The van der Waals surface area contributed by atoms with Crippen molar-refractivity contribution in [1.82, 2.24) is 19.7 Å². The molecule has 30 heavy (non-hydrogen) atoms. The lowest BCUT2D eigenvalue weighted by atomic mass is 9.85. The molecule has 1 aliphatic rings. The lowest BCUT2D eigenvalue weighted by molar-refractivity contribution is 0.102. The number of ketones is 1. The van der Waals surface area contributed by atoms with Gasteiger partial charge in [-0.05, 0) is 50.3 Å². The minimum Gasteiger partial charge on any atom is -0.299 e. The van der Waals surface area contributed by atoms with Crippen molar-refractivity contribution in [1.29, 1.82) is 0 Å². The van der Waals surface area contributed by atoms with Crippen LogP contribution in [0.25, 0.3) is 11.4 Å². The molecule has 2 atom stereocenters. The highest BCUT2D eigenvalue weighted by atomic mass is 32.2. The van der Waals surface area contributed by atoms with E-state index in [9.17, 15) is 4.79 Å². The minimum atomic E-state index is 0.131. The van der Waals surface area contributed by atoms with Crippen molar-refractivity contribution in [3.05, 3.63) is 59.4 Å². The average molecular weight is 421 g/mol.